The van der Waals surface area contributed by atoms with E-state index in [0.717, 1.165) is 76.7 Å². The number of piperidine rings is 1. The van der Waals surface area contributed by atoms with E-state index in [0.29, 0.717) is 18.6 Å². The fourth-order valence-electron chi connectivity index (χ4n) is 6.17. The van der Waals surface area contributed by atoms with Crippen molar-refractivity contribution in [3.63, 3.8) is 0 Å². The Morgan fingerprint density at radius 3 is 2.56 bits per heavy atom. The number of amides is 2. The Morgan fingerprint density at radius 1 is 1.22 bits per heavy atom. The fourth-order valence-corrected chi connectivity index (χ4v) is 6.17. The van der Waals surface area contributed by atoms with Gasteiger partial charge in [0.05, 0.1) is 6.61 Å². The summed E-state index contributed by atoms with van der Waals surface area (Å²) in [6, 6.07) is 0.521. The van der Waals surface area contributed by atoms with Crippen molar-refractivity contribution in [2.24, 2.45) is 16.3 Å². The number of nitrogens with zero attached hydrogens (tertiary/aromatic N) is 3. The summed E-state index contributed by atoms with van der Waals surface area (Å²) < 4.78 is 5.00. The van der Waals surface area contributed by atoms with Gasteiger partial charge in [-0.2, -0.15) is 4.99 Å². The van der Waals surface area contributed by atoms with Crippen molar-refractivity contribution >= 4 is 17.7 Å². The first-order valence-corrected chi connectivity index (χ1v) is 12.5. The number of aliphatic imine (C=N–C) groups is 1. The number of carbonyl (C=O) groups excluding carboxylic acids is 2. The molecule has 2 atom stereocenters. The first-order valence-electron chi connectivity index (χ1n) is 12.5. The Hall–Kier alpha value is -1.95. The molecule has 2 amide bonds. The highest BCUT2D eigenvalue weighted by Crippen LogP contribution is 2.51. The first-order chi connectivity index (χ1) is 15.4. The maximum atomic E-state index is 12.4. The third kappa shape index (κ3) is 4.43. The highest BCUT2D eigenvalue weighted by molar-refractivity contribution is 5.98. The van der Waals surface area contributed by atoms with E-state index in [1.807, 2.05) is 6.92 Å². The maximum absolute atomic E-state index is 12.4. The van der Waals surface area contributed by atoms with Gasteiger partial charge in [-0.3, -0.25) is 4.79 Å². The fraction of sp³-hybridized carbons (Fsp3) is 0.731. The van der Waals surface area contributed by atoms with Crippen molar-refractivity contribution in [1.82, 2.24) is 9.80 Å². The van der Waals surface area contributed by atoms with E-state index in [9.17, 15) is 9.59 Å². The van der Waals surface area contributed by atoms with Gasteiger partial charge >= 0.3 is 6.09 Å². The normalized spacial score (nSPS) is 27.2. The van der Waals surface area contributed by atoms with Crippen LogP contribution in [0.5, 0.6) is 0 Å². The van der Waals surface area contributed by atoms with Crippen molar-refractivity contribution in [2.45, 2.75) is 85.1 Å². The van der Waals surface area contributed by atoms with E-state index in [-0.39, 0.29) is 11.3 Å². The summed E-state index contributed by atoms with van der Waals surface area (Å²) >= 11 is 0. The van der Waals surface area contributed by atoms with Crippen LogP contribution in [-0.2, 0) is 9.53 Å². The molecule has 4 aliphatic rings. The zero-order chi connectivity index (χ0) is 22.9. The summed E-state index contributed by atoms with van der Waals surface area (Å²) in [4.78, 5) is 33.0. The molecule has 2 heterocycles. The van der Waals surface area contributed by atoms with Crippen LogP contribution in [0.2, 0.25) is 0 Å². The van der Waals surface area contributed by atoms with Crippen LogP contribution in [0, 0.1) is 11.3 Å². The van der Waals surface area contributed by atoms with Crippen LogP contribution in [0.1, 0.15) is 79.1 Å². The molecule has 2 aliphatic heterocycles. The molecule has 0 radical (unpaired) electrons. The van der Waals surface area contributed by atoms with Crippen molar-refractivity contribution in [3.8, 4) is 0 Å². The molecule has 32 heavy (non-hydrogen) atoms. The van der Waals surface area contributed by atoms with Gasteiger partial charge in [-0.05, 0) is 89.8 Å². The van der Waals surface area contributed by atoms with E-state index in [2.05, 4.69) is 34.7 Å². The molecule has 0 aromatic rings. The van der Waals surface area contributed by atoms with Crippen molar-refractivity contribution in [3.05, 3.63) is 22.9 Å². The average Bonchev–Trinajstić information content (AvgIpc) is 3.07. The topological polar surface area (TPSA) is 62.2 Å². The van der Waals surface area contributed by atoms with Crippen LogP contribution >= 0.6 is 0 Å². The second kappa shape index (κ2) is 9.50. The van der Waals surface area contributed by atoms with E-state index in [4.69, 9.17) is 4.74 Å². The minimum atomic E-state index is -0.434. The van der Waals surface area contributed by atoms with Gasteiger partial charge in [-0.25, -0.2) is 4.79 Å². The van der Waals surface area contributed by atoms with Gasteiger partial charge in [0.2, 0.25) is 5.91 Å². The Bertz CT molecular complexity index is 848. The van der Waals surface area contributed by atoms with Crippen LogP contribution < -0.4 is 0 Å². The summed E-state index contributed by atoms with van der Waals surface area (Å²) in [7, 11) is 0. The molecule has 0 aromatic carbocycles. The molecule has 0 bridgehead atoms. The van der Waals surface area contributed by atoms with Gasteiger partial charge in [0.1, 0.15) is 0 Å². The van der Waals surface area contributed by atoms with Gasteiger partial charge in [-0.15, -0.1) is 0 Å². The van der Waals surface area contributed by atoms with Crippen molar-refractivity contribution in [1.29, 1.82) is 0 Å². The molecule has 2 unspecified atom stereocenters. The van der Waals surface area contributed by atoms with Crippen LogP contribution in [0.3, 0.4) is 0 Å². The smallest absolute Gasteiger partial charge is 0.433 e. The molecule has 176 valence electrons. The van der Waals surface area contributed by atoms with E-state index in [1.165, 1.54) is 16.8 Å². The molecule has 2 fully saturated rings. The van der Waals surface area contributed by atoms with Gasteiger partial charge in [-0.1, -0.05) is 18.6 Å². The predicted octanol–water partition coefficient (Wildman–Crippen LogP) is 5.10. The number of rotatable bonds is 5. The molecule has 6 heteroatoms. The van der Waals surface area contributed by atoms with Crippen molar-refractivity contribution < 1.29 is 14.3 Å². The summed E-state index contributed by atoms with van der Waals surface area (Å²) in [5, 5.41) is 0. The number of fused-ring (bicyclic) bond motifs is 1. The number of ether oxygens (including phenoxy) is 1. The highest BCUT2D eigenvalue weighted by atomic mass is 16.5. The second-order valence-corrected chi connectivity index (χ2v) is 10.1. The van der Waals surface area contributed by atoms with E-state index in [1.54, 1.807) is 6.92 Å². The van der Waals surface area contributed by atoms with Crippen LogP contribution in [-0.4, -0.2) is 59.8 Å². The number of likely N-dealkylation sites (tertiary alicyclic amines) is 1. The molecule has 1 spiro atoms. The Kier molecular flexibility index (Phi) is 6.89. The zero-order valence-electron chi connectivity index (χ0n) is 20.3. The van der Waals surface area contributed by atoms with Gasteiger partial charge in [0, 0.05) is 36.3 Å². The minimum Gasteiger partial charge on any atom is -0.448 e. The zero-order valence-corrected chi connectivity index (χ0v) is 20.3. The Balaban J connectivity index is 1.41. The number of carbonyl (C=O) groups is 2. The molecule has 0 aromatic heterocycles. The summed E-state index contributed by atoms with van der Waals surface area (Å²) in [5.74, 6) is 0.604. The van der Waals surface area contributed by atoms with Gasteiger partial charge in [0.25, 0.3) is 0 Å². The van der Waals surface area contributed by atoms with Crippen molar-refractivity contribution in [2.75, 3.05) is 26.2 Å². The molecule has 0 N–H and O–H groups in total. The predicted molar refractivity (Wildman–Crippen MR) is 127 cm³/mol. The van der Waals surface area contributed by atoms with E-state index >= 15 is 0 Å². The van der Waals surface area contributed by atoms with Gasteiger partial charge in [0.15, 0.2) is 0 Å². The number of hydrogen-bond acceptors (Lipinski definition) is 4. The summed E-state index contributed by atoms with van der Waals surface area (Å²) in [5.41, 5.74) is 5.34. The molecular formula is C26H39N3O3. The molecule has 1 saturated heterocycles. The second-order valence-electron chi connectivity index (χ2n) is 10.1. The lowest BCUT2D eigenvalue weighted by Gasteiger charge is -2.45. The maximum Gasteiger partial charge on any atom is 0.433 e. The molecule has 2 aliphatic carbocycles. The molecule has 4 rings (SSSR count). The molecular weight excluding hydrogens is 402 g/mol. The first kappa shape index (κ1) is 23.2. The highest BCUT2D eigenvalue weighted by Gasteiger charge is 2.47. The van der Waals surface area contributed by atoms with Gasteiger partial charge < -0.3 is 14.5 Å². The van der Waals surface area contributed by atoms with Crippen LogP contribution in [0.4, 0.5) is 4.79 Å². The standard InChI is InChI=1S/C26H39N3O3/c1-5-21(16-20-8-9-23(20)27-25(31)32-6-2)28-13-11-26(12-14-28)17-29(19(4)30)24-10-7-18(3)15-22(24)26/h15,20-21H,5-14,16-17H2,1-4H3. The third-order valence-electron chi connectivity index (χ3n) is 8.22. The van der Waals surface area contributed by atoms with Crippen LogP contribution in [0.25, 0.3) is 0 Å². The Labute approximate surface area is 192 Å². The average molecular weight is 442 g/mol. The summed E-state index contributed by atoms with van der Waals surface area (Å²) in [6.07, 6.45) is 10.5. The lowest BCUT2D eigenvalue weighted by Crippen LogP contribution is -2.48. The van der Waals surface area contributed by atoms with Crippen LogP contribution in [0.15, 0.2) is 27.9 Å². The largest absolute Gasteiger partial charge is 0.448 e. The lowest BCUT2D eigenvalue weighted by molar-refractivity contribution is -0.127. The molecule has 6 nitrogen and oxygen atoms in total. The quantitative estimate of drug-likeness (QED) is 0.595. The monoisotopic (exact) mass is 441 g/mol. The third-order valence-corrected chi connectivity index (χ3v) is 8.22. The molecule has 1 saturated carbocycles. The Morgan fingerprint density at radius 2 is 1.97 bits per heavy atom. The summed E-state index contributed by atoms with van der Waals surface area (Å²) in [6.45, 7) is 11.4. The van der Waals surface area contributed by atoms with E-state index < -0.39 is 6.09 Å². The lowest BCUT2D eigenvalue weighted by atomic mass is 9.71. The number of allylic oxidation sites excluding steroid dienone is 3. The minimum absolute atomic E-state index is 0.129. The number of hydrogen-bond donors (Lipinski definition) is 0. The SMILES string of the molecule is CCOC(=O)N=C1CCC1CC(CC)N1CCC2(CC1)CN(C(C)=O)C1=C2C=C(C)CC1.